The topological polar surface area (TPSA) is 52.8 Å². The molecule has 0 unspecified atom stereocenters. The van der Waals surface area contributed by atoms with E-state index in [0.717, 1.165) is 16.8 Å². The molecule has 7 heteroatoms. The first-order valence-corrected chi connectivity index (χ1v) is 9.97. The van der Waals surface area contributed by atoms with Gasteiger partial charge in [0.25, 0.3) is 0 Å². The third-order valence-electron chi connectivity index (χ3n) is 4.19. The van der Waals surface area contributed by atoms with Crippen LogP contribution in [0.2, 0.25) is 5.02 Å². The lowest BCUT2D eigenvalue weighted by molar-refractivity contribution is -0.164. The van der Waals surface area contributed by atoms with Crippen LogP contribution in [0.1, 0.15) is 38.0 Å². The monoisotopic (exact) mass is 464 g/mol. The van der Waals surface area contributed by atoms with Crippen LogP contribution in [0, 0.1) is 6.92 Å². The molecule has 3 rings (SSSR count). The van der Waals surface area contributed by atoms with Gasteiger partial charge in [-0.2, -0.15) is 0 Å². The minimum absolute atomic E-state index is 0.454. The second-order valence-electron chi connectivity index (χ2n) is 7.54. The zero-order valence-electron chi connectivity index (χ0n) is 16.4. The third-order valence-corrected chi connectivity index (χ3v) is 5.21. The van der Waals surface area contributed by atoms with Crippen molar-refractivity contribution < 1.29 is 14.3 Å². The van der Waals surface area contributed by atoms with E-state index in [1.54, 1.807) is 0 Å². The largest absolute Gasteiger partial charge is 0.467 e. The van der Waals surface area contributed by atoms with Crippen molar-refractivity contribution in [2.24, 2.45) is 0 Å². The number of ether oxygens (including phenoxy) is 2. The number of carbonyl (C=O) groups excluding carboxylic acids is 1. The summed E-state index contributed by atoms with van der Waals surface area (Å²) in [5, 5.41) is 0.648. The highest BCUT2D eigenvalue weighted by Gasteiger charge is 2.32. The number of methoxy groups -OCH3 is 1. The first-order chi connectivity index (χ1) is 13.1. The molecule has 0 bridgehead atoms. The number of aryl methyl sites for hydroxylation is 1. The Balaban J connectivity index is 2.17. The smallest absolute Gasteiger partial charge is 0.339 e. The molecular weight excluding hydrogens is 444 g/mol. The van der Waals surface area contributed by atoms with Crippen LogP contribution in [-0.4, -0.2) is 28.1 Å². The quantitative estimate of drug-likeness (QED) is 0.460. The van der Waals surface area contributed by atoms with Gasteiger partial charge >= 0.3 is 5.97 Å². The fraction of sp³-hybridized carbons (Fsp3) is 0.333. The predicted molar refractivity (Wildman–Crippen MR) is 114 cm³/mol. The van der Waals surface area contributed by atoms with Crippen LogP contribution in [0.15, 0.2) is 41.1 Å². The summed E-state index contributed by atoms with van der Waals surface area (Å²) in [6.07, 6.45) is 2.99. The van der Waals surface area contributed by atoms with Crippen LogP contribution in [0.25, 0.3) is 16.9 Å². The van der Waals surface area contributed by atoms with Crippen molar-refractivity contribution in [3.63, 3.8) is 0 Å². The molecule has 0 saturated carbocycles. The van der Waals surface area contributed by atoms with Gasteiger partial charge < -0.3 is 13.9 Å². The second kappa shape index (κ2) is 7.85. The molecule has 0 radical (unpaired) electrons. The Kier molecular flexibility index (Phi) is 5.84. The molecule has 0 saturated heterocycles. The molecule has 0 spiro atoms. The summed E-state index contributed by atoms with van der Waals surface area (Å²) in [4.78, 5) is 17.2. The van der Waals surface area contributed by atoms with E-state index >= 15 is 0 Å². The maximum atomic E-state index is 12.5. The average molecular weight is 466 g/mol. The Morgan fingerprint density at radius 1 is 1.29 bits per heavy atom. The molecule has 148 valence electrons. The van der Waals surface area contributed by atoms with Crippen LogP contribution in [0.5, 0.6) is 0 Å². The van der Waals surface area contributed by atoms with Crippen molar-refractivity contribution in [1.29, 1.82) is 0 Å². The van der Waals surface area contributed by atoms with Gasteiger partial charge in [-0.1, -0.05) is 23.7 Å². The Labute approximate surface area is 177 Å². The molecule has 1 aromatic carbocycles. The highest BCUT2D eigenvalue weighted by molar-refractivity contribution is 9.10. The zero-order valence-corrected chi connectivity index (χ0v) is 18.8. The van der Waals surface area contributed by atoms with Gasteiger partial charge in [-0.05, 0) is 61.3 Å². The third kappa shape index (κ3) is 4.24. The Morgan fingerprint density at radius 3 is 2.61 bits per heavy atom. The van der Waals surface area contributed by atoms with Gasteiger partial charge in [0, 0.05) is 28.5 Å². The zero-order chi connectivity index (χ0) is 20.6. The summed E-state index contributed by atoms with van der Waals surface area (Å²) in [6.45, 7) is 7.63. The first-order valence-electron chi connectivity index (χ1n) is 8.80. The molecule has 0 fully saturated rings. The van der Waals surface area contributed by atoms with Crippen molar-refractivity contribution in [2.45, 2.75) is 39.4 Å². The van der Waals surface area contributed by atoms with E-state index in [2.05, 4.69) is 15.9 Å². The molecule has 1 atom stereocenters. The van der Waals surface area contributed by atoms with E-state index in [1.165, 1.54) is 7.11 Å². The van der Waals surface area contributed by atoms with Gasteiger partial charge in [-0.3, -0.25) is 0 Å². The number of aromatic nitrogens is 2. The number of benzene rings is 1. The fourth-order valence-electron chi connectivity index (χ4n) is 3.02. The maximum absolute atomic E-state index is 12.5. The number of esters is 1. The highest BCUT2D eigenvalue weighted by atomic mass is 79.9. The van der Waals surface area contributed by atoms with Crippen molar-refractivity contribution in [2.75, 3.05) is 7.11 Å². The lowest BCUT2D eigenvalue weighted by Gasteiger charge is -2.27. The standard InChI is InChI=1S/C21H22BrClN2O3/c1-12-10-25-11-15(13-7-6-8-14(23)9-13)24-19(25)17(22)16(12)18(20(26)27-5)28-21(2,3)4/h6-11,18H,1-5H3/t18-/m1/s1. The van der Waals surface area contributed by atoms with E-state index in [1.807, 2.05) is 68.8 Å². The van der Waals surface area contributed by atoms with Crippen LogP contribution < -0.4 is 0 Å². The van der Waals surface area contributed by atoms with Gasteiger partial charge in [0.15, 0.2) is 11.8 Å². The van der Waals surface area contributed by atoms with E-state index in [0.29, 0.717) is 20.7 Å². The van der Waals surface area contributed by atoms with E-state index in [4.69, 9.17) is 26.1 Å². The number of nitrogens with zero attached hydrogens (tertiary/aromatic N) is 2. The van der Waals surface area contributed by atoms with Crippen molar-refractivity contribution in [1.82, 2.24) is 9.38 Å². The Morgan fingerprint density at radius 2 is 2.00 bits per heavy atom. The number of pyridine rings is 1. The fourth-order valence-corrected chi connectivity index (χ4v) is 4.02. The molecule has 2 heterocycles. The van der Waals surface area contributed by atoms with Gasteiger partial charge in [0.2, 0.25) is 0 Å². The number of hydrogen-bond donors (Lipinski definition) is 0. The van der Waals surface area contributed by atoms with Gasteiger partial charge in [-0.25, -0.2) is 9.78 Å². The lowest BCUT2D eigenvalue weighted by atomic mass is 10.0. The summed E-state index contributed by atoms with van der Waals surface area (Å²) in [6, 6.07) is 7.53. The molecule has 0 aliphatic rings. The lowest BCUT2D eigenvalue weighted by Crippen LogP contribution is -2.29. The van der Waals surface area contributed by atoms with Crippen LogP contribution >= 0.6 is 27.5 Å². The second-order valence-corrected chi connectivity index (χ2v) is 8.77. The van der Waals surface area contributed by atoms with E-state index < -0.39 is 17.7 Å². The van der Waals surface area contributed by atoms with Gasteiger partial charge in [-0.15, -0.1) is 0 Å². The molecule has 0 amide bonds. The number of imidazole rings is 1. The Bertz CT molecular complexity index is 1040. The molecule has 0 aliphatic carbocycles. The SMILES string of the molecule is COC(=O)[C@H](OC(C)(C)C)c1c(C)cn2cc(-c3cccc(Cl)c3)nc2c1Br. The predicted octanol–water partition coefficient (Wildman–Crippen LogP) is 5.75. The molecular formula is C21H22BrClN2O3. The average Bonchev–Trinajstić information content (AvgIpc) is 3.03. The summed E-state index contributed by atoms with van der Waals surface area (Å²) in [5.74, 6) is -0.454. The number of halogens is 2. The van der Waals surface area contributed by atoms with E-state index in [-0.39, 0.29) is 0 Å². The molecule has 2 aromatic heterocycles. The van der Waals surface area contributed by atoms with Crippen molar-refractivity contribution in [3.8, 4) is 11.3 Å². The van der Waals surface area contributed by atoms with Crippen LogP contribution in [0.3, 0.4) is 0 Å². The summed E-state index contributed by atoms with van der Waals surface area (Å²) in [5.41, 5.74) is 3.44. The van der Waals surface area contributed by atoms with Crippen molar-refractivity contribution in [3.05, 3.63) is 57.3 Å². The molecule has 5 nitrogen and oxygen atoms in total. The summed E-state index contributed by atoms with van der Waals surface area (Å²) in [7, 11) is 1.36. The molecule has 28 heavy (non-hydrogen) atoms. The summed E-state index contributed by atoms with van der Waals surface area (Å²) < 4.78 is 13.6. The summed E-state index contributed by atoms with van der Waals surface area (Å²) >= 11 is 9.76. The number of rotatable bonds is 4. The maximum Gasteiger partial charge on any atom is 0.339 e. The minimum atomic E-state index is -0.865. The normalized spacial score (nSPS) is 13.0. The van der Waals surface area contributed by atoms with Gasteiger partial charge in [0.1, 0.15) is 0 Å². The first kappa shape index (κ1) is 20.8. The number of hydrogen-bond acceptors (Lipinski definition) is 4. The van der Waals surface area contributed by atoms with Crippen LogP contribution in [0.4, 0.5) is 0 Å². The molecule has 0 N–H and O–H groups in total. The number of fused-ring (bicyclic) bond motifs is 1. The molecule has 3 aromatic rings. The molecule has 0 aliphatic heterocycles. The number of carbonyl (C=O) groups is 1. The Hall–Kier alpha value is -1.89. The van der Waals surface area contributed by atoms with E-state index in [9.17, 15) is 4.79 Å². The van der Waals surface area contributed by atoms with Crippen molar-refractivity contribution >= 4 is 39.1 Å². The van der Waals surface area contributed by atoms with Gasteiger partial charge in [0.05, 0.1) is 22.9 Å². The van der Waals surface area contributed by atoms with Crippen LogP contribution in [-0.2, 0) is 14.3 Å². The minimum Gasteiger partial charge on any atom is -0.467 e. The highest BCUT2D eigenvalue weighted by Crippen LogP contribution is 2.36.